The van der Waals surface area contributed by atoms with Crippen LogP contribution in [0.4, 0.5) is 0 Å². The molecule has 1 unspecified atom stereocenters. The SMILES string of the molecule is CC(C)CCC[C@@H](C)[C@H]1CC[C@H]2[C@@H]3CC=C4CCCC(N)[C@]4(C)[C@H]3CC[C@]12C. The fraction of sp³-hybridized carbons (Fsp3) is 0.926. The average molecular weight is 386 g/mol. The molecule has 0 amide bonds. The predicted octanol–water partition coefficient (Wildman–Crippen LogP) is 7.36. The first-order valence-corrected chi connectivity index (χ1v) is 12.7. The predicted molar refractivity (Wildman–Crippen MR) is 121 cm³/mol. The number of allylic oxidation sites excluding steroid dienone is 1. The summed E-state index contributed by atoms with van der Waals surface area (Å²) in [5, 5.41) is 0. The van der Waals surface area contributed by atoms with E-state index in [2.05, 4.69) is 40.7 Å². The van der Waals surface area contributed by atoms with E-state index in [1.54, 1.807) is 5.57 Å². The zero-order chi connectivity index (χ0) is 20.1. The molecule has 0 aliphatic heterocycles. The van der Waals surface area contributed by atoms with Crippen LogP contribution in [-0.2, 0) is 0 Å². The monoisotopic (exact) mass is 385 g/mol. The minimum absolute atomic E-state index is 0.309. The molecular formula is C27H47N. The molecule has 8 atom stereocenters. The van der Waals surface area contributed by atoms with E-state index in [-0.39, 0.29) is 0 Å². The van der Waals surface area contributed by atoms with Crippen LogP contribution >= 0.6 is 0 Å². The lowest BCUT2D eigenvalue weighted by molar-refractivity contribution is -0.0553. The number of nitrogens with two attached hydrogens (primary N) is 1. The molecule has 1 nitrogen and oxygen atoms in total. The summed E-state index contributed by atoms with van der Waals surface area (Å²) < 4.78 is 0. The van der Waals surface area contributed by atoms with Crippen LogP contribution in [0.1, 0.15) is 105 Å². The van der Waals surface area contributed by atoms with Crippen LogP contribution in [0.25, 0.3) is 0 Å². The molecule has 1 heteroatoms. The van der Waals surface area contributed by atoms with E-state index in [0.717, 1.165) is 35.5 Å². The van der Waals surface area contributed by atoms with Crippen LogP contribution in [0.3, 0.4) is 0 Å². The number of rotatable bonds is 5. The maximum absolute atomic E-state index is 6.81. The van der Waals surface area contributed by atoms with Gasteiger partial charge in [0.25, 0.3) is 0 Å². The molecule has 28 heavy (non-hydrogen) atoms. The van der Waals surface area contributed by atoms with Gasteiger partial charge in [0, 0.05) is 11.5 Å². The van der Waals surface area contributed by atoms with Gasteiger partial charge in [-0.3, -0.25) is 0 Å². The highest BCUT2D eigenvalue weighted by molar-refractivity contribution is 5.27. The fourth-order valence-corrected chi connectivity index (χ4v) is 8.82. The van der Waals surface area contributed by atoms with Crippen molar-refractivity contribution in [3.05, 3.63) is 11.6 Å². The van der Waals surface area contributed by atoms with Crippen molar-refractivity contribution in [3.8, 4) is 0 Å². The van der Waals surface area contributed by atoms with Crippen molar-refractivity contribution < 1.29 is 0 Å². The van der Waals surface area contributed by atoms with Crippen molar-refractivity contribution in [1.82, 2.24) is 0 Å². The van der Waals surface area contributed by atoms with Gasteiger partial charge in [0.1, 0.15) is 0 Å². The molecule has 4 aliphatic carbocycles. The Kier molecular flexibility index (Phi) is 5.80. The summed E-state index contributed by atoms with van der Waals surface area (Å²) in [6, 6.07) is 0.400. The van der Waals surface area contributed by atoms with E-state index in [1.807, 2.05) is 0 Å². The Balaban J connectivity index is 1.51. The highest BCUT2D eigenvalue weighted by Gasteiger charge is 2.59. The summed E-state index contributed by atoms with van der Waals surface area (Å²) in [6.07, 6.45) is 18.1. The van der Waals surface area contributed by atoms with Gasteiger partial charge in [-0.05, 0) is 92.3 Å². The van der Waals surface area contributed by atoms with Gasteiger partial charge in [-0.25, -0.2) is 0 Å². The second-order valence-corrected chi connectivity index (χ2v) is 12.2. The van der Waals surface area contributed by atoms with Gasteiger partial charge in [-0.2, -0.15) is 0 Å². The highest BCUT2D eigenvalue weighted by Crippen LogP contribution is 2.67. The fourth-order valence-electron chi connectivity index (χ4n) is 8.82. The first kappa shape index (κ1) is 21.0. The van der Waals surface area contributed by atoms with E-state index in [9.17, 15) is 0 Å². The van der Waals surface area contributed by atoms with E-state index in [4.69, 9.17) is 5.73 Å². The molecule has 0 spiro atoms. The summed E-state index contributed by atoms with van der Waals surface area (Å²) in [4.78, 5) is 0. The zero-order valence-corrected chi connectivity index (χ0v) is 19.5. The van der Waals surface area contributed by atoms with Crippen LogP contribution in [0.15, 0.2) is 11.6 Å². The molecular weight excluding hydrogens is 338 g/mol. The van der Waals surface area contributed by atoms with E-state index in [1.165, 1.54) is 70.6 Å². The number of fused-ring (bicyclic) bond motifs is 5. The molecule has 0 saturated heterocycles. The number of hydrogen-bond acceptors (Lipinski definition) is 1. The Morgan fingerprint density at radius 3 is 2.57 bits per heavy atom. The second kappa shape index (κ2) is 7.75. The van der Waals surface area contributed by atoms with Crippen molar-refractivity contribution in [1.29, 1.82) is 0 Å². The van der Waals surface area contributed by atoms with Crippen LogP contribution in [0, 0.1) is 46.3 Å². The molecule has 3 fully saturated rings. The smallest absolute Gasteiger partial charge is 0.0133 e. The molecule has 0 bridgehead atoms. The van der Waals surface area contributed by atoms with Gasteiger partial charge in [-0.15, -0.1) is 0 Å². The molecule has 0 radical (unpaired) electrons. The van der Waals surface area contributed by atoms with Crippen molar-refractivity contribution >= 4 is 0 Å². The van der Waals surface area contributed by atoms with Gasteiger partial charge in [0.05, 0.1) is 0 Å². The maximum atomic E-state index is 6.81. The minimum Gasteiger partial charge on any atom is -0.327 e. The molecule has 2 N–H and O–H groups in total. The van der Waals surface area contributed by atoms with Crippen LogP contribution < -0.4 is 5.73 Å². The first-order valence-electron chi connectivity index (χ1n) is 12.7. The quantitative estimate of drug-likeness (QED) is 0.492. The Morgan fingerprint density at radius 1 is 1.04 bits per heavy atom. The van der Waals surface area contributed by atoms with Crippen molar-refractivity contribution in [2.45, 2.75) is 111 Å². The Hall–Kier alpha value is -0.300. The lowest BCUT2D eigenvalue weighted by atomic mass is 9.46. The maximum Gasteiger partial charge on any atom is 0.0133 e. The van der Waals surface area contributed by atoms with Crippen LogP contribution in [0.2, 0.25) is 0 Å². The van der Waals surface area contributed by atoms with Gasteiger partial charge >= 0.3 is 0 Å². The normalized spacial score (nSPS) is 46.5. The molecule has 0 heterocycles. The standard InChI is InChI=1S/C27H47N/c1-18(2)8-6-9-19(3)22-14-15-23-21-13-12-20-10-7-11-25(28)27(20,5)24(21)16-17-26(22,23)4/h12,18-19,21-25H,6-11,13-17,28H2,1-5H3/t19-,21+,22-,23+,24+,25?,26-,27+/m1/s1. The average Bonchev–Trinajstić information content (AvgIpc) is 3.00. The first-order chi connectivity index (χ1) is 13.3. The third-order valence-corrected chi connectivity index (χ3v) is 10.5. The summed E-state index contributed by atoms with van der Waals surface area (Å²) in [5.41, 5.74) is 9.46. The number of hydrogen-bond donors (Lipinski definition) is 1. The lowest BCUT2D eigenvalue weighted by Crippen LogP contribution is -2.56. The molecule has 160 valence electrons. The third-order valence-electron chi connectivity index (χ3n) is 10.5. The van der Waals surface area contributed by atoms with Crippen molar-refractivity contribution in [2.75, 3.05) is 0 Å². The zero-order valence-electron chi connectivity index (χ0n) is 19.5. The Bertz CT molecular complexity index is 591. The van der Waals surface area contributed by atoms with Crippen LogP contribution in [0.5, 0.6) is 0 Å². The van der Waals surface area contributed by atoms with Gasteiger partial charge < -0.3 is 5.73 Å². The minimum atomic E-state index is 0.309. The van der Waals surface area contributed by atoms with E-state index < -0.39 is 0 Å². The third kappa shape index (κ3) is 3.23. The Morgan fingerprint density at radius 2 is 1.82 bits per heavy atom. The molecule has 0 aromatic rings. The van der Waals surface area contributed by atoms with E-state index in [0.29, 0.717) is 16.9 Å². The van der Waals surface area contributed by atoms with Gasteiger partial charge in [-0.1, -0.05) is 65.5 Å². The summed E-state index contributed by atoms with van der Waals surface area (Å²) in [6.45, 7) is 12.6. The molecule has 0 aromatic carbocycles. The van der Waals surface area contributed by atoms with Crippen molar-refractivity contribution in [3.63, 3.8) is 0 Å². The Labute approximate surface area is 175 Å². The summed E-state index contributed by atoms with van der Waals surface area (Å²) in [5.74, 6) is 5.45. The largest absolute Gasteiger partial charge is 0.327 e. The van der Waals surface area contributed by atoms with Gasteiger partial charge in [0.15, 0.2) is 0 Å². The second-order valence-electron chi connectivity index (χ2n) is 12.2. The molecule has 4 aliphatic rings. The summed E-state index contributed by atoms with van der Waals surface area (Å²) >= 11 is 0. The lowest BCUT2D eigenvalue weighted by Gasteiger charge is -2.59. The molecule has 0 aromatic heterocycles. The van der Waals surface area contributed by atoms with Gasteiger partial charge in [0.2, 0.25) is 0 Å². The van der Waals surface area contributed by atoms with E-state index >= 15 is 0 Å². The topological polar surface area (TPSA) is 26.0 Å². The molecule has 4 rings (SSSR count). The highest BCUT2D eigenvalue weighted by atomic mass is 14.7. The van der Waals surface area contributed by atoms with Crippen LogP contribution in [-0.4, -0.2) is 6.04 Å². The summed E-state index contributed by atoms with van der Waals surface area (Å²) in [7, 11) is 0. The molecule has 3 saturated carbocycles. The van der Waals surface area contributed by atoms with Crippen molar-refractivity contribution in [2.24, 2.45) is 52.1 Å².